The molecule has 1 aliphatic rings. The van der Waals surface area contributed by atoms with Gasteiger partial charge in [0, 0.05) is 31.1 Å². The first-order valence-electron chi connectivity index (χ1n) is 4.64. The van der Waals surface area contributed by atoms with Crippen molar-refractivity contribution < 1.29 is 0 Å². The topological polar surface area (TPSA) is 42.7 Å². The Morgan fingerprint density at radius 3 is 3.29 bits per heavy atom. The van der Waals surface area contributed by atoms with E-state index < -0.39 is 0 Å². The second kappa shape index (κ2) is 2.83. The summed E-state index contributed by atoms with van der Waals surface area (Å²) in [6.07, 6.45) is 8.40. The number of imidazole rings is 1. The van der Waals surface area contributed by atoms with Crippen LogP contribution < -0.4 is 5.32 Å². The summed E-state index contributed by atoms with van der Waals surface area (Å²) in [6.45, 7) is 0.947. The molecule has 14 heavy (non-hydrogen) atoms. The first-order valence-corrected chi connectivity index (χ1v) is 4.64. The maximum absolute atomic E-state index is 4.15. The monoisotopic (exact) mass is 186 g/mol. The minimum Gasteiger partial charge on any atom is -0.383 e. The summed E-state index contributed by atoms with van der Waals surface area (Å²) in [5.74, 6) is 0. The maximum atomic E-state index is 4.15. The van der Waals surface area contributed by atoms with E-state index in [9.17, 15) is 0 Å². The van der Waals surface area contributed by atoms with Crippen molar-refractivity contribution in [3.63, 3.8) is 0 Å². The third-order valence-corrected chi connectivity index (χ3v) is 2.47. The van der Waals surface area contributed by atoms with Gasteiger partial charge in [-0.3, -0.25) is 9.55 Å². The minimum absolute atomic E-state index is 0.947. The first kappa shape index (κ1) is 7.55. The van der Waals surface area contributed by atoms with Crippen LogP contribution in [0.2, 0.25) is 0 Å². The Bertz CT molecular complexity index is 461. The zero-order valence-electron chi connectivity index (χ0n) is 7.64. The zero-order chi connectivity index (χ0) is 9.38. The van der Waals surface area contributed by atoms with Crippen molar-refractivity contribution in [1.29, 1.82) is 0 Å². The van der Waals surface area contributed by atoms with Crippen LogP contribution in [0.25, 0.3) is 5.69 Å². The second-order valence-electron chi connectivity index (χ2n) is 3.32. The van der Waals surface area contributed by atoms with E-state index in [4.69, 9.17) is 0 Å². The molecule has 0 amide bonds. The highest BCUT2D eigenvalue weighted by Gasteiger charge is 2.12. The summed E-state index contributed by atoms with van der Waals surface area (Å²) in [5.41, 5.74) is 3.43. The molecule has 0 unspecified atom stereocenters. The van der Waals surface area contributed by atoms with Gasteiger partial charge in [0.15, 0.2) is 0 Å². The summed E-state index contributed by atoms with van der Waals surface area (Å²) in [5, 5.41) is 3.37. The van der Waals surface area contributed by atoms with Gasteiger partial charge in [0.25, 0.3) is 0 Å². The van der Waals surface area contributed by atoms with Gasteiger partial charge in [-0.2, -0.15) is 0 Å². The van der Waals surface area contributed by atoms with Crippen LogP contribution in [-0.4, -0.2) is 21.1 Å². The van der Waals surface area contributed by atoms with Crippen molar-refractivity contribution in [3.05, 3.63) is 36.7 Å². The number of nitrogens with one attached hydrogen (secondary N) is 1. The Hall–Kier alpha value is -1.84. The summed E-state index contributed by atoms with van der Waals surface area (Å²) < 4.78 is 2.09. The summed E-state index contributed by atoms with van der Waals surface area (Å²) >= 11 is 0. The molecule has 2 aromatic heterocycles. The Balaban J connectivity index is 2.27. The predicted molar refractivity (Wildman–Crippen MR) is 53.6 cm³/mol. The van der Waals surface area contributed by atoms with Gasteiger partial charge in [-0.1, -0.05) is 0 Å². The predicted octanol–water partition coefficient (Wildman–Crippen LogP) is 1.24. The third kappa shape index (κ3) is 1.00. The summed E-state index contributed by atoms with van der Waals surface area (Å²) in [7, 11) is 0. The molecule has 0 atom stereocenters. The smallest absolute Gasteiger partial charge is 0.0995 e. The summed E-state index contributed by atoms with van der Waals surface area (Å²) in [4.78, 5) is 8.28. The molecule has 0 aromatic carbocycles. The first-order chi connectivity index (χ1) is 6.95. The highest BCUT2D eigenvalue weighted by molar-refractivity contribution is 5.61. The van der Waals surface area contributed by atoms with Gasteiger partial charge in [-0.05, 0) is 6.07 Å². The number of nitrogens with zero attached hydrogens (tertiary/aromatic N) is 3. The van der Waals surface area contributed by atoms with Crippen LogP contribution in [0.15, 0.2) is 31.0 Å². The molecule has 0 saturated heterocycles. The van der Waals surface area contributed by atoms with E-state index in [1.807, 2.05) is 24.8 Å². The van der Waals surface area contributed by atoms with Crippen LogP contribution in [0.4, 0.5) is 5.69 Å². The average molecular weight is 186 g/mol. The van der Waals surface area contributed by atoms with E-state index in [1.54, 1.807) is 6.20 Å². The fourth-order valence-corrected chi connectivity index (χ4v) is 1.78. The summed E-state index contributed by atoms with van der Waals surface area (Å²) in [6, 6.07) is 1.99. The Labute approximate surface area is 81.6 Å². The molecule has 4 heteroatoms. The zero-order valence-corrected chi connectivity index (χ0v) is 7.64. The quantitative estimate of drug-likeness (QED) is 0.673. The minimum atomic E-state index is 0.947. The fourth-order valence-electron chi connectivity index (χ4n) is 1.78. The van der Waals surface area contributed by atoms with Gasteiger partial charge in [0.05, 0.1) is 23.9 Å². The highest BCUT2D eigenvalue weighted by atomic mass is 15.1. The number of anilines is 1. The standard InChI is InChI=1S/C10H10N4/c1-4-13-9-2-3-11-6-10(9)14-7-12-5-8(1)14/h2-3,5-7,13H,1,4H2. The lowest BCUT2D eigenvalue weighted by Crippen LogP contribution is -2.01. The van der Waals surface area contributed by atoms with Gasteiger partial charge in [-0.25, -0.2) is 4.98 Å². The molecule has 3 heterocycles. The van der Waals surface area contributed by atoms with Gasteiger partial charge in [-0.15, -0.1) is 0 Å². The van der Waals surface area contributed by atoms with Crippen LogP contribution >= 0.6 is 0 Å². The van der Waals surface area contributed by atoms with Crippen molar-refractivity contribution in [2.45, 2.75) is 6.42 Å². The van der Waals surface area contributed by atoms with E-state index in [1.165, 1.54) is 5.69 Å². The van der Waals surface area contributed by atoms with Crippen LogP contribution in [0, 0.1) is 0 Å². The lowest BCUT2D eigenvalue weighted by atomic mass is 10.3. The van der Waals surface area contributed by atoms with Crippen molar-refractivity contribution in [2.75, 3.05) is 11.9 Å². The van der Waals surface area contributed by atoms with Gasteiger partial charge in [0.2, 0.25) is 0 Å². The van der Waals surface area contributed by atoms with E-state index in [2.05, 4.69) is 19.9 Å². The normalized spacial score (nSPS) is 13.7. The van der Waals surface area contributed by atoms with Crippen molar-refractivity contribution in [2.24, 2.45) is 0 Å². The molecule has 4 nitrogen and oxygen atoms in total. The fraction of sp³-hybridized carbons (Fsp3) is 0.200. The van der Waals surface area contributed by atoms with Crippen LogP contribution in [0.5, 0.6) is 0 Å². The lowest BCUT2D eigenvalue weighted by molar-refractivity contribution is 0.925. The number of fused-ring (bicyclic) bond motifs is 3. The number of rotatable bonds is 0. The van der Waals surface area contributed by atoms with Gasteiger partial charge < -0.3 is 5.32 Å². The van der Waals surface area contributed by atoms with Gasteiger partial charge >= 0.3 is 0 Å². The molecule has 2 aromatic rings. The molecule has 0 fully saturated rings. The van der Waals surface area contributed by atoms with E-state index in [0.717, 1.165) is 24.3 Å². The molecule has 3 rings (SSSR count). The third-order valence-electron chi connectivity index (χ3n) is 2.47. The largest absolute Gasteiger partial charge is 0.383 e. The maximum Gasteiger partial charge on any atom is 0.0995 e. The molecule has 1 aliphatic heterocycles. The Morgan fingerprint density at radius 1 is 1.29 bits per heavy atom. The Kier molecular flexibility index (Phi) is 1.53. The second-order valence-corrected chi connectivity index (χ2v) is 3.32. The van der Waals surface area contributed by atoms with Gasteiger partial charge in [0.1, 0.15) is 0 Å². The van der Waals surface area contributed by atoms with Crippen LogP contribution in [-0.2, 0) is 6.42 Å². The average Bonchev–Trinajstić information content (AvgIpc) is 2.61. The van der Waals surface area contributed by atoms with Crippen molar-refractivity contribution in [1.82, 2.24) is 14.5 Å². The van der Waals surface area contributed by atoms with Crippen LogP contribution in [0.3, 0.4) is 0 Å². The molecule has 0 radical (unpaired) electrons. The molecule has 0 spiro atoms. The van der Waals surface area contributed by atoms with E-state index in [-0.39, 0.29) is 0 Å². The molecular weight excluding hydrogens is 176 g/mol. The van der Waals surface area contributed by atoms with Crippen LogP contribution in [0.1, 0.15) is 5.69 Å². The molecule has 0 aliphatic carbocycles. The molecule has 0 bridgehead atoms. The molecule has 70 valence electrons. The van der Waals surface area contributed by atoms with Crippen molar-refractivity contribution >= 4 is 5.69 Å². The molecule has 0 saturated carbocycles. The number of aromatic nitrogens is 3. The number of pyridine rings is 1. The van der Waals surface area contributed by atoms with E-state index in [0.29, 0.717) is 0 Å². The van der Waals surface area contributed by atoms with Crippen molar-refractivity contribution in [3.8, 4) is 5.69 Å². The molecule has 1 N–H and O–H groups in total. The van der Waals surface area contributed by atoms with E-state index >= 15 is 0 Å². The SMILES string of the molecule is c1cc2c(cn1)-n1cncc1CCN2. The lowest BCUT2D eigenvalue weighted by Gasteiger charge is -2.07. The number of hydrogen-bond donors (Lipinski definition) is 1. The molecular formula is C10H10N4. The number of hydrogen-bond acceptors (Lipinski definition) is 3. The highest BCUT2D eigenvalue weighted by Crippen LogP contribution is 2.22. The Morgan fingerprint density at radius 2 is 2.29 bits per heavy atom.